The average Bonchev–Trinajstić information content (AvgIpc) is 2.06. The molecule has 0 saturated heterocycles. The highest BCUT2D eigenvalue weighted by Crippen LogP contribution is 2.31. The van der Waals surface area contributed by atoms with Gasteiger partial charge in [0.1, 0.15) is 4.90 Å². The molecule has 0 aliphatic carbocycles. The van der Waals surface area contributed by atoms with Crippen molar-refractivity contribution < 1.29 is 26.0 Å². The van der Waals surface area contributed by atoms with E-state index in [2.05, 4.69) is 4.98 Å². The zero-order valence-corrected chi connectivity index (χ0v) is 8.29. The molecule has 0 radical (unpaired) electrons. The van der Waals surface area contributed by atoms with Crippen LogP contribution in [0.1, 0.15) is 12.0 Å². The summed E-state index contributed by atoms with van der Waals surface area (Å²) in [5.74, 6) is -3.83. The van der Waals surface area contributed by atoms with Crippen LogP contribution in [-0.2, 0) is 9.05 Å². The van der Waals surface area contributed by atoms with Crippen LogP contribution in [0.4, 0.5) is 17.6 Å². The Labute approximate surface area is 86.1 Å². The van der Waals surface area contributed by atoms with Gasteiger partial charge in [0, 0.05) is 10.7 Å². The van der Waals surface area contributed by atoms with Crippen molar-refractivity contribution in [3.8, 4) is 0 Å². The molecule has 1 aromatic heterocycles. The van der Waals surface area contributed by atoms with Gasteiger partial charge in [0.15, 0.2) is 5.82 Å². The van der Waals surface area contributed by atoms with Crippen molar-refractivity contribution in [2.24, 2.45) is 0 Å². The second-order valence-electron chi connectivity index (χ2n) is 2.38. The van der Waals surface area contributed by atoms with Crippen LogP contribution in [0.15, 0.2) is 11.1 Å². The van der Waals surface area contributed by atoms with Crippen molar-refractivity contribution in [1.82, 2.24) is 4.98 Å². The minimum Gasteiger partial charge on any atom is -0.224 e. The maximum Gasteiger partial charge on any atom is 0.268 e. The summed E-state index contributed by atoms with van der Waals surface area (Å²) < 4.78 is 71.2. The van der Waals surface area contributed by atoms with Crippen molar-refractivity contribution in [2.45, 2.75) is 11.3 Å². The van der Waals surface area contributed by atoms with Crippen molar-refractivity contribution >= 4 is 19.7 Å². The fourth-order valence-corrected chi connectivity index (χ4v) is 1.85. The second-order valence-corrected chi connectivity index (χ2v) is 4.91. The lowest BCUT2D eigenvalue weighted by Crippen LogP contribution is -2.06. The number of hydrogen-bond acceptors (Lipinski definition) is 3. The Hall–Kier alpha value is -0.890. The molecule has 1 aromatic rings. The first-order valence-corrected chi connectivity index (χ1v) is 5.62. The molecule has 0 saturated carbocycles. The molecule has 0 aliphatic heterocycles. The monoisotopic (exact) mass is 263 g/mol. The quantitative estimate of drug-likeness (QED) is 0.467. The highest BCUT2D eigenvalue weighted by atomic mass is 35.7. The van der Waals surface area contributed by atoms with E-state index in [1.54, 1.807) is 0 Å². The molecule has 1 rings (SSSR count). The maximum absolute atomic E-state index is 12.8. The third kappa shape index (κ3) is 2.37. The van der Waals surface area contributed by atoms with Gasteiger partial charge in [0.25, 0.3) is 15.5 Å². The van der Waals surface area contributed by atoms with Crippen LogP contribution in [0.2, 0.25) is 0 Å². The molecule has 0 spiro atoms. The first-order chi connectivity index (χ1) is 6.75. The first kappa shape index (κ1) is 12.2. The van der Waals surface area contributed by atoms with Crippen molar-refractivity contribution in [3.05, 3.63) is 23.5 Å². The van der Waals surface area contributed by atoms with Gasteiger partial charge >= 0.3 is 0 Å². The molecule has 15 heavy (non-hydrogen) atoms. The number of aromatic nitrogens is 1. The van der Waals surface area contributed by atoms with E-state index in [0.717, 1.165) is 0 Å². The van der Waals surface area contributed by atoms with Crippen molar-refractivity contribution in [2.75, 3.05) is 0 Å². The van der Waals surface area contributed by atoms with Gasteiger partial charge < -0.3 is 0 Å². The molecule has 0 atom stereocenters. The van der Waals surface area contributed by atoms with Gasteiger partial charge in [-0.25, -0.2) is 26.6 Å². The number of alkyl halides is 2. The summed E-state index contributed by atoms with van der Waals surface area (Å²) in [7, 11) is 0.147. The fourth-order valence-electron chi connectivity index (χ4n) is 0.858. The van der Waals surface area contributed by atoms with E-state index in [1.165, 1.54) is 0 Å². The Morgan fingerprint density at radius 3 is 2.27 bits per heavy atom. The maximum atomic E-state index is 12.8. The largest absolute Gasteiger partial charge is 0.268 e. The molecule has 0 aromatic carbocycles. The van der Waals surface area contributed by atoms with Crippen molar-refractivity contribution in [3.63, 3.8) is 0 Å². The minimum atomic E-state index is -4.59. The topological polar surface area (TPSA) is 47.0 Å². The SMILES string of the molecule is O=S(=O)(Cl)c1cnc(F)c(F)c1C(F)F. The molecule has 9 heteroatoms. The minimum absolute atomic E-state index is 0.238. The highest BCUT2D eigenvalue weighted by molar-refractivity contribution is 8.13. The zero-order valence-electron chi connectivity index (χ0n) is 6.72. The van der Waals surface area contributed by atoms with E-state index < -0.39 is 37.7 Å². The van der Waals surface area contributed by atoms with Gasteiger partial charge in [-0.1, -0.05) is 0 Å². The van der Waals surface area contributed by atoms with Crippen LogP contribution in [-0.4, -0.2) is 13.4 Å². The van der Waals surface area contributed by atoms with E-state index in [0.29, 0.717) is 0 Å². The molecule has 0 fully saturated rings. The molecule has 0 bridgehead atoms. The Kier molecular flexibility index (Phi) is 3.19. The van der Waals surface area contributed by atoms with Gasteiger partial charge in [0.2, 0.25) is 5.95 Å². The van der Waals surface area contributed by atoms with Gasteiger partial charge in [-0.2, -0.15) is 4.39 Å². The van der Waals surface area contributed by atoms with Gasteiger partial charge in [-0.05, 0) is 0 Å². The van der Waals surface area contributed by atoms with E-state index in [-0.39, 0.29) is 6.20 Å². The molecular weight excluding hydrogens is 262 g/mol. The van der Waals surface area contributed by atoms with Crippen LogP contribution < -0.4 is 0 Å². The normalized spacial score (nSPS) is 12.1. The van der Waals surface area contributed by atoms with E-state index in [9.17, 15) is 26.0 Å². The predicted molar refractivity (Wildman–Crippen MR) is 42.1 cm³/mol. The fraction of sp³-hybridized carbons (Fsp3) is 0.167. The lowest BCUT2D eigenvalue weighted by Gasteiger charge is -2.06. The third-order valence-corrected chi connectivity index (χ3v) is 2.81. The lowest BCUT2D eigenvalue weighted by molar-refractivity contribution is 0.140. The molecule has 0 aliphatic rings. The molecule has 0 amide bonds. The van der Waals surface area contributed by atoms with Gasteiger partial charge in [-0.3, -0.25) is 0 Å². The van der Waals surface area contributed by atoms with Crippen LogP contribution in [0.5, 0.6) is 0 Å². The van der Waals surface area contributed by atoms with Gasteiger partial charge in [0.05, 0.1) is 11.8 Å². The molecule has 0 N–H and O–H groups in total. The van der Waals surface area contributed by atoms with Gasteiger partial charge in [-0.15, -0.1) is 0 Å². The lowest BCUT2D eigenvalue weighted by atomic mass is 10.2. The van der Waals surface area contributed by atoms with Crippen LogP contribution in [0.3, 0.4) is 0 Å². The highest BCUT2D eigenvalue weighted by Gasteiger charge is 2.28. The van der Waals surface area contributed by atoms with Crippen LogP contribution in [0, 0.1) is 11.8 Å². The summed E-state index contributed by atoms with van der Waals surface area (Å²) in [6.07, 6.45) is -3.27. The summed E-state index contributed by atoms with van der Waals surface area (Å²) in [5.41, 5.74) is -1.61. The number of halogens is 5. The Balaban J connectivity index is 3.62. The smallest absolute Gasteiger partial charge is 0.224 e. The van der Waals surface area contributed by atoms with E-state index in [4.69, 9.17) is 10.7 Å². The summed E-state index contributed by atoms with van der Waals surface area (Å²) in [6, 6.07) is 0. The first-order valence-electron chi connectivity index (χ1n) is 3.32. The molecular formula is C6H2ClF4NO2S. The Bertz CT molecular complexity index is 490. The summed E-state index contributed by atoms with van der Waals surface area (Å²) in [4.78, 5) is 1.41. The Morgan fingerprint density at radius 2 is 1.87 bits per heavy atom. The number of hydrogen-bond donors (Lipinski definition) is 0. The molecule has 3 nitrogen and oxygen atoms in total. The number of nitrogens with zero attached hydrogens (tertiary/aromatic N) is 1. The molecule has 1 heterocycles. The second kappa shape index (κ2) is 3.93. The van der Waals surface area contributed by atoms with Crippen LogP contribution >= 0.6 is 10.7 Å². The standard InChI is InChI=1S/C6H2ClF4NO2S/c7-15(13,14)2-1-12-6(11)4(8)3(2)5(9)10/h1,5H. The Morgan fingerprint density at radius 1 is 1.33 bits per heavy atom. The third-order valence-electron chi connectivity index (χ3n) is 1.46. The summed E-state index contributed by atoms with van der Waals surface area (Å²) in [5, 5.41) is 0. The summed E-state index contributed by atoms with van der Waals surface area (Å²) in [6.45, 7) is 0. The van der Waals surface area contributed by atoms with Crippen molar-refractivity contribution in [1.29, 1.82) is 0 Å². The molecule has 84 valence electrons. The predicted octanol–water partition coefficient (Wildman–Crippen LogP) is 2.22. The van der Waals surface area contributed by atoms with Crippen LogP contribution in [0.25, 0.3) is 0 Å². The number of rotatable bonds is 2. The zero-order chi connectivity index (χ0) is 11.8. The van der Waals surface area contributed by atoms with E-state index in [1.807, 2.05) is 0 Å². The molecule has 0 unspecified atom stereocenters. The van der Waals surface area contributed by atoms with E-state index >= 15 is 0 Å². The number of pyridine rings is 1. The summed E-state index contributed by atoms with van der Waals surface area (Å²) >= 11 is 0. The average molecular weight is 264 g/mol.